The highest BCUT2D eigenvalue weighted by Crippen LogP contribution is 2.40. The van der Waals surface area contributed by atoms with Gasteiger partial charge in [-0.2, -0.15) is 0 Å². The van der Waals surface area contributed by atoms with Crippen molar-refractivity contribution < 1.29 is 5.11 Å². The Morgan fingerprint density at radius 3 is 2.56 bits per heavy atom. The molecule has 0 heterocycles. The minimum Gasteiger partial charge on any atom is -0.389 e. The van der Waals surface area contributed by atoms with E-state index in [9.17, 15) is 5.11 Å². The SMILES string of the molecule is OC1(C(CNCc2cccc(Cl)c2)c2cccc(Br)c2)CCCCC1. The maximum atomic E-state index is 11.3. The molecule has 0 radical (unpaired) electrons. The summed E-state index contributed by atoms with van der Waals surface area (Å²) in [6, 6.07) is 16.3. The Kier molecular flexibility index (Phi) is 6.56. The number of hydrogen-bond acceptors (Lipinski definition) is 2. The van der Waals surface area contributed by atoms with Crippen LogP contribution in [-0.4, -0.2) is 17.3 Å². The van der Waals surface area contributed by atoms with Gasteiger partial charge in [-0.05, 0) is 48.2 Å². The smallest absolute Gasteiger partial charge is 0.0728 e. The van der Waals surface area contributed by atoms with Gasteiger partial charge in [0, 0.05) is 28.5 Å². The van der Waals surface area contributed by atoms with Gasteiger partial charge in [0.15, 0.2) is 0 Å². The third kappa shape index (κ3) is 5.07. The molecule has 2 nitrogen and oxygen atoms in total. The first-order valence-corrected chi connectivity index (χ1v) is 10.2. The zero-order valence-corrected chi connectivity index (χ0v) is 16.7. The molecule has 0 spiro atoms. The summed E-state index contributed by atoms with van der Waals surface area (Å²) in [6.45, 7) is 1.50. The fourth-order valence-corrected chi connectivity index (χ4v) is 4.49. The second-order valence-electron chi connectivity index (χ2n) is 7.03. The Balaban J connectivity index is 1.74. The minimum atomic E-state index is -0.625. The van der Waals surface area contributed by atoms with E-state index in [0.29, 0.717) is 0 Å². The zero-order chi connectivity index (χ0) is 17.7. The van der Waals surface area contributed by atoms with Crippen LogP contribution in [0.15, 0.2) is 53.0 Å². The Labute approximate surface area is 163 Å². The van der Waals surface area contributed by atoms with E-state index < -0.39 is 5.60 Å². The highest BCUT2D eigenvalue weighted by molar-refractivity contribution is 9.10. The lowest BCUT2D eigenvalue weighted by Gasteiger charge is -2.40. The third-order valence-electron chi connectivity index (χ3n) is 5.19. The summed E-state index contributed by atoms with van der Waals surface area (Å²) in [5.74, 6) is 0.0875. The molecule has 0 amide bonds. The summed E-state index contributed by atoms with van der Waals surface area (Å²) >= 11 is 9.64. The average Bonchev–Trinajstić information content (AvgIpc) is 2.59. The maximum absolute atomic E-state index is 11.3. The van der Waals surface area contributed by atoms with Crippen LogP contribution in [0.25, 0.3) is 0 Å². The van der Waals surface area contributed by atoms with Gasteiger partial charge in [-0.15, -0.1) is 0 Å². The van der Waals surface area contributed by atoms with E-state index in [1.807, 2.05) is 24.3 Å². The van der Waals surface area contributed by atoms with Crippen molar-refractivity contribution in [2.24, 2.45) is 0 Å². The molecule has 1 aliphatic carbocycles. The van der Waals surface area contributed by atoms with E-state index in [0.717, 1.165) is 53.8 Å². The molecular formula is C21H25BrClNO. The quantitative estimate of drug-likeness (QED) is 0.628. The molecule has 0 saturated heterocycles. The highest BCUT2D eigenvalue weighted by atomic mass is 79.9. The van der Waals surface area contributed by atoms with Crippen LogP contribution in [-0.2, 0) is 6.54 Å². The van der Waals surface area contributed by atoms with Crippen molar-refractivity contribution in [3.63, 3.8) is 0 Å². The van der Waals surface area contributed by atoms with Crippen LogP contribution < -0.4 is 5.32 Å². The maximum Gasteiger partial charge on any atom is 0.0728 e. The Bertz CT molecular complexity index is 700. The van der Waals surface area contributed by atoms with Gasteiger partial charge in [-0.3, -0.25) is 0 Å². The first-order chi connectivity index (χ1) is 12.1. The van der Waals surface area contributed by atoms with Gasteiger partial charge in [-0.1, -0.05) is 71.1 Å². The van der Waals surface area contributed by atoms with Crippen molar-refractivity contribution in [1.29, 1.82) is 0 Å². The van der Waals surface area contributed by atoms with Crippen molar-refractivity contribution in [2.75, 3.05) is 6.54 Å². The zero-order valence-electron chi connectivity index (χ0n) is 14.3. The molecule has 3 rings (SSSR count). The lowest BCUT2D eigenvalue weighted by Crippen LogP contribution is -2.43. The number of rotatable bonds is 6. The van der Waals surface area contributed by atoms with Crippen molar-refractivity contribution in [3.05, 3.63) is 69.2 Å². The van der Waals surface area contributed by atoms with Gasteiger partial charge in [0.25, 0.3) is 0 Å². The summed E-state index contributed by atoms with van der Waals surface area (Å²) in [6.07, 6.45) is 5.19. The fraction of sp³-hybridized carbons (Fsp3) is 0.429. The summed E-state index contributed by atoms with van der Waals surface area (Å²) in [5.41, 5.74) is 1.73. The Morgan fingerprint density at radius 1 is 1.08 bits per heavy atom. The molecule has 2 aromatic rings. The molecule has 1 atom stereocenters. The summed E-state index contributed by atoms with van der Waals surface area (Å²) in [5, 5.41) is 15.6. The molecule has 2 N–H and O–H groups in total. The number of nitrogens with one attached hydrogen (secondary N) is 1. The van der Waals surface area contributed by atoms with Crippen LogP contribution in [0.2, 0.25) is 5.02 Å². The molecule has 4 heteroatoms. The van der Waals surface area contributed by atoms with Crippen molar-refractivity contribution >= 4 is 27.5 Å². The topological polar surface area (TPSA) is 32.3 Å². The molecule has 0 aliphatic heterocycles. The average molecular weight is 423 g/mol. The molecule has 2 aromatic carbocycles. The van der Waals surface area contributed by atoms with Crippen molar-refractivity contribution in [1.82, 2.24) is 5.32 Å². The summed E-state index contributed by atoms with van der Waals surface area (Å²) < 4.78 is 1.06. The molecule has 1 fully saturated rings. The predicted octanol–water partition coefficient (Wildman–Crippen LogP) is 5.67. The van der Waals surface area contributed by atoms with Crippen LogP contribution >= 0.6 is 27.5 Å². The monoisotopic (exact) mass is 421 g/mol. The van der Waals surface area contributed by atoms with Gasteiger partial charge in [0.2, 0.25) is 0 Å². The van der Waals surface area contributed by atoms with E-state index in [-0.39, 0.29) is 5.92 Å². The first kappa shape index (κ1) is 18.9. The van der Waals surface area contributed by atoms with Gasteiger partial charge in [-0.25, -0.2) is 0 Å². The molecule has 1 aliphatic rings. The number of hydrogen-bond donors (Lipinski definition) is 2. The van der Waals surface area contributed by atoms with Gasteiger partial charge in [0.1, 0.15) is 0 Å². The Morgan fingerprint density at radius 2 is 1.84 bits per heavy atom. The standard InChI is InChI=1S/C21H25BrClNO/c22-18-8-5-7-17(13-18)20(21(25)10-2-1-3-11-21)15-24-14-16-6-4-9-19(23)12-16/h4-9,12-13,20,24-25H,1-3,10-11,14-15H2. The number of benzene rings is 2. The van der Waals surface area contributed by atoms with E-state index in [4.69, 9.17) is 11.6 Å². The van der Waals surface area contributed by atoms with Crippen LogP contribution in [0.5, 0.6) is 0 Å². The molecular weight excluding hydrogens is 398 g/mol. The minimum absolute atomic E-state index is 0.0875. The molecule has 1 unspecified atom stereocenters. The second-order valence-corrected chi connectivity index (χ2v) is 8.38. The fourth-order valence-electron chi connectivity index (χ4n) is 3.86. The first-order valence-electron chi connectivity index (χ1n) is 9.00. The van der Waals surface area contributed by atoms with Crippen LogP contribution in [0.3, 0.4) is 0 Å². The summed E-state index contributed by atoms with van der Waals surface area (Å²) in [4.78, 5) is 0. The lowest BCUT2D eigenvalue weighted by molar-refractivity contribution is -0.0216. The number of halogens is 2. The van der Waals surface area contributed by atoms with Gasteiger partial charge in [0.05, 0.1) is 5.60 Å². The Hall–Kier alpha value is -0.870. The van der Waals surface area contributed by atoms with Gasteiger partial charge >= 0.3 is 0 Å². The van der Waals surface area contributed by atoms with Gasteiger partial charge < -0.3 is 10.4 Å². The third-order valence-corrected chi connectivity index (χ3v) is 5.91. The van der Waals surface area contributed by atoms with E-state index in [1.54, 1.807) is 0 Å². The van der Waals surface area contributed by atoms with Crippen LogP contribution in [0, 0.1) is 0 Å². The highest BCUT2D eigenvalue weighted by Gasteiger charge is 2.38. The van der Waals surface area contributed by atoms with Crippen LogP contribution in [0.1, 0.15) is 49.1 Å². The van der Waals surface area contributed by atoms with Crippen molar-refractivity contribution in [3.8, 4) is 0 Å². The molecule has 0 bridgehead atoms. The molecule has 1 saturated carbocycles. The second kappa shape index (κ2) is 8.68. The van der Waals surface area contributed by atoms with Crippen LogP contribution in [0.4, 0.5) is 0 Å². The largest absolute Gasteiger partial charge is 0.389 e. The summed E-state index contributed by atoms with van der Waals surface area (Å²) in [7, 11) is 0. The van der Waals surface area contributed by atoms with E-state index in [2.05, 4.69) is 45.5 Å². The van der Waals surface area contributed by atoms with E-state index >= 15 is 0 Å². The normalized spacial score (nSPS) is 18.0. The number of aliphatic hydroxyl groups is 1. The predicted molar refractivity (Wildman–Crippen MR) is 108 cm³/mol. The molecule has 0 aromatic heterocycles. The van der Waals surface area contributed by atoms with Crippen molar-refractivity contribution in [2.45, 2.75) is 50.2 Å². The van der Waals surface area contributed by atoms with E-state index in [1.165, 1.54) is 12.0 Å². The lowest BCUT2D eigenvalue weighted by atomic mass is 9.72. The molecule has 25 heavy (non-hydrogen) atoms. The molecule has 134 valence electrons.